The molecule has 0 aliphatic heterocycles. The monoisotopic (exact) mass is 354 g/mol. The molecule has 92 valence electrons. The summed E-state index contributed by atoms with van der Waals surface area (Å²) in [5.41, 5.74) is 2.62. The highest BCUT2D eigenvalue weighted by atomic mass is 127. The molecule has 0 saturated carbocycles. The first-order chi connectivity index (χ1) is 8.70. The number of carboxylic acid groups (broad SMARTS) is 1. The molecule has 2 aromatic rings. The van der Waals surface area contributed by atoms with Crippen molar-refractivity contribution in [1.82, 2.24) is 0 Å². The zero-order chi connectivity index (χ0) is 13.0. The largest absolute Gasteiger partial charge is 0.481 e. The number of carboxylic acids is 1. The first-order valence-electron chi connectivity index (χ1n) is 5.38. The van der Waals surface area contributed by atoms with Crippen LogP contribution < -0.4 is 0 Å². The molecule has 0 atom stereocenters. The van der Waals surface area contributed by atoms with Crippen molar-refractivity contribution < 1.29 is 13.0 Å². The van der Waals surface area contributed by atoms with Crippen LogP contribution in [0.3, 0.4) is 0 Å². The third kappa shape index (κ3) is 3.01. The van der Waals surface area contributed by atoms with Crippen molar-refractivity contribution >= 4 is 27.2 Å². The Morgan fingerprint density at radius 1 is 1.06 bits per heavy atom. The van der Waals surface area contributed by atoms with Crippen molar-refractivity contribution in [1.29, 1.82) is 0 Å². The van der Waals surface area contributed by atoms with Crippen LogP contribution in [0.1, 0.15) is 5.56 Å². The molecule has 2 aromatic carbocycles. The molecule has 0 spiro atoms. The molecule has 0 heterocycles. The van der Waals surface area contributed by atoms with E-state index < -0.39 is 27.2 Å². The Hall–Kier alpha value is -1.56. The van der Waals surface area contributed by atoms with Gasteiger partial charge in [-0.05, 0) is 28.8 Å². The van der Waals surface area contributed by atoms with E-state index in [0.29, 0.717) is 9.13 Å². The van der Waals surface area contributed by atoms with Crippen LogP contribution in [0.25, 0.3) is 11.1 Å². The fraction of sp³-hybridized carbons (Fsp3) is 0.0714. The number of carbonyl (C=O) groups is 1. The maximum Gasteiger partial charge on any atom is 0.307 e. The average Bonchev–Trinajstić information content (AvgIpc) is 2.39. The maximum atomic E-state index is 11.1. The lowest BCUT2D eigenvalue weighted by Gasteiger charge is -2.06. The molecule has 0 aromatic heterocycles. The van der Waals surface area contributed by atoms with Gasteiger partial charge in [-0.3, -0.25) is 7.86 Å². The van der Waals surface area contributed by atoms with Crippen LogP contribution in [0, 0.1) is 3.57 Å². The van der Waals surface area contributed by atoms with E-state index in [-0.39, 0.29) is 6.42 Å². The zero-order valence-electron chi connectivity index (χ0n) is 9.47. The number of rotatable bonds is 4. The summed E-state index contributed by atoms with van der Waals surface area (Å²) >= 11 is -1.34. The first kappa shape index (κ1) is 12.9. The van der Waals surface area contributed by atoms with E-state index in [2.05, 4.69) is 0 Å². The first-order valence-corrected chi connectivity index (χ1v) is 7.34. The van der Waals surface area contributed by atoms with Gasteiger partial charge in [0.15, 0.2) is 21.2 Å². The van der Waals surface area contributed by atoms with E-state index in [1.165, 1.54) is 0 Å². The third-order valence-electron chi connectivity index (χ3n) is 2.58. The Kier molecular flexibility index (Phi) is 4.19. The van der Waals surface area contributed by atoms with E-state index in [0.717, 1.165) is 11.1 Å². The number of halogens is 1. The quantitative estimate of drug-likeness (QED) is 0.856. The lowest BCUT2D eigenvalue weighted by Crippen LogP contribution is -2.02. The molecule has 0 saturated heterocycles. The summed E-state index contributed by atoms with van der Waals surface area (Å²) in [4.78, 5) is 10.8. The highest BCUT2D eigenvalue weighted by Crippen LogP contribution is 2.25. The predicted octanol–water partition coefficient (Wildman–Crippen LogP) is 3.47. The highest BCUT2D eigenvalue weighted by molar-refractivity contribution is 14.1. The topological polar surface area (TPSA) is 54.4 Å². The third-order valence-corrected chi connectivity index (χ3v) is 4.10. The summed E-state index contributed by atoms with van der Waals surface area (Å²) in [6.45, 7) is 0. The fourth-order valence-electron chi connectivity index (χ4n) is 1.76. The fourth-order valence-corrected chi connectivity index (χ4v) is 2.71. The van der Waals surface area contributed by atoms with Crippen molar-refractivity contribution in [2.24, 2.45) is 0 Å². The van der Waals surface area contributed by atoms with E-state index >= 15 is 0 Å². The van der Waals surface area contributed by atoms with Crippen LogP contribution in [-0.4, -0.2) is 11.1 Å². The molecule has 4 heteroatoms. The SMILES string of the molecule is O=Ic1ccc(-c2ccccc2)cc1CC(=O)O. The number of aliphatic carboxylic acids is 1. The smallest absolute Gasteiger partial charge is 0.307 e. The maximum absolute atomic E-state index is 11.1. The summed E-state index contributed by atoms with van der Waals surface area (Å²) in [7, 11) is 0. The lowest BCUT2D eigenvalue weighted by atomic mass is 10.0. The van der Waals surface area contributed by atoms with E-state index in [9.17, 15) is 7.86 Å². The van der Waals surface area contributed by atoms with Gasteiger partial charge in [0.05, 0.1) is 9.99 Å². The van der Waals surface area contributed by atoms with Crippen LogP contribution in [0.15, 0.2) is 48.5 Å². The van der Waals surface area contributed by atoms with Crippen molar-refractivity contribution in [2.75, 3.05) is 0 Å². The molecule has 2 rings (SSSR count). The van der Waals surface area contributed by atoms with Gasteiger partial charge in [0, 0.05) is 0 Å². The predicted molar refractivity (Wildman–Crippen MR) is 76.6 cm³/mol. The Balaban J connectivity index is 2.45. The number of hydrogen-bond acceptors (Lipinski definition) is 2. The van der Waals surface area contributed by atoms with Gasteiger partial charge in [-0.25, -0.2) is 0 Å². The number of hydrogen-bond donors (Lipinski definition) is 1. The summed E-state index contributed by atoms with van der Waals surface area (Å²) in [5, 5.41) is 8.86. The summed E-state index contributed by atoms with van der Waals surface area (Å²) in [6.07, 6.45) is -0.0854. The van der Waals surface area contributed by atoms with Crippen molar-refractivity contribution in [2.45, 2.75) is 6.42 Å². The van der Waals surface area contributed by atoms with Gasteiger partial charge in [0.25, 0.3) is 0 Å². The molecule has 0 fully saturated rings. The van der Waals surface area contributed by atoms with Gasteiger partial charge in [-0.15, -0.1) is 0 Å². The second-order valence-corrected chi connectivity index (χ2v) is 5.42. The Morgan fingerprint density at radius 2 is 1.78 bits per heavy atom. The molecular formula is C14H11IO3. The second kappa shape index (κ2) is 5.86. The minimum Gasteiger partial charge on any atom is -0.481 e. The van der Waals surface area contributed by atoms with Gasteiger partial charge in [-0.1, -0.05) is 36.4 Å². The van der Waals surface area contributed by atoms with Gasteiger partial charge in [0.2, 0.25) is 0 Å². The van der Waals surface area contributed by atoms with Crippen LogP contribution in [0.5, 0.6) is 0 Å². The van der Waals surface area contributed by atoms with E-state index in [1.54, 1.807) is 6.07 Å². The van der Waals surface area contributed by atoms with Crippen molar-refractivity contribution in [3.05, 3.63) is 57.7 Å². The molecule has 0 amide bonds. The summed E-state index contributed by atoms with van der Waals surface area (Å²) in [5.74, 6) is -0.904. The minimum absolute atomic E-state index is 0.0854. The molecular weight excluding hydrogens is 343 g/mol. The molecule has 0 unspecified atom stereocenters. The van der Waals surface area contributed by atoms with Crippen molar-refractivity contribution in [3.63, 3.8) is 0 Å². The average molecular weight is 354 g/mol. The molecule has 0 bridgehead atoms. The van der Waals surface area contributed by atoms with Crippen LogP contribution in [0.2, 0.25) is 0 Å². The zero-order valence-corrected chi connectivity index (χ0v) is 11.6. The van der Waals surface area contributed by atoms with Gasteiger partial charge >= 0.3 is 5.97 Å². The molecule has 0 aliphatic carbocycles. The number of benzene rings is 2. The second-order valence-electron chi connectivity index (χ2n) is 3.82. The standard InChI is InChI=1S/C14H11IO3/c16-14(17)9-12-8-11(6-7-13(12)15-18)10-4-2-1-3-5-10/h1-8H,9H2,(H,16,17). The summed E-state index contributed by atoms with van der Waals surface area (Å²) in [6, 6.07) is 15.2. The molecule has 18 heavy (non-hydrogen) atoms. The van der Waals surface area contributed by atoms with E-state index in [1.807, 2.05) is 42.5 Å². The Bertz CT molecular complexity index is 579. The van der Waals surface area contributed by atoms with E-state index in [4.69, 9.17) is 5.11 Å². The Morgan fingerprint density at radius 3 is 2.39 bits per heavy atom. The summed E-state index contributed by atoms with van der Waals surface area (Å²) < 4.78 is 11.8. The Labute approximate surface area is 115 Å². The highest BCUT2D eigenvalue weighted by Gasteiger charge is 2.09. The molecule has 1 N–H and O–H groups in total. The van der Waals surface area contributed by atoms with Crippen LogP contribution in [-0.2, 0) is 14.3 Å². The van der Waals surface area contributed by atoms with Crippen LogP contribution >= 0.6 is 21.2 Å². The minimum atomic E-state index is -1.34. The molecule has 0 aliphatic rings. The van der Waals surface area contributed by atoms with Crippen LogP contribution in [0.4, 0.5) is 0 Å². The van der Waals surface area contributed by atoms with Gasteiger partial charge < -0.3 is 5.11 Å². The van der Waals surface area contributed by atoms with Gasteiger partial charge in [-0.2, -0.15) is 0 Å². The van der Waals surface area contributed by atoms with Gasteiger partial charge in [0.1, 0.15) is 0 Å². The molecule has 0 radical (unpaired) electrons. The van der Waals surface area contributed by atoms with Crippen molar-refractivity contribution in [3.8, 4) is 11.1 Å². The normalized spacial score (nSPS) is 10.2. The molecule has 3 nitrogen and oxygen atoms in total. The lowest BCUT2D eigenvalue weighted by molar-refractivity contribution is -0.136.